The third kappa shape index (κ3) is 2.20. The van der Waals surface area contributed by atoms with E-state index < -0.39 is 0 Å². The minimum atomic E-state index is -0.119. The number of benzene rings is 1. The molecule has 0 unspecified atom stereocenters. The van der Waals surface area contributed by atoms with Crippen molar-refractivity contribution < 1.29 is 0 Å². The maximum atomic E-state index is 11.9. The van der Waals surface area contributed by atoms with Crippen molar-refractivity contribution in [1.29, 1.82) is 0 Å². The van der Waals surface area contributed by atoms with Crippen LogP contribution < -0.4 is 11.3 Å². The largest absolute Gasteiger partial charge is 0.369 e. The molecule has 0 saturated carbocycles. The molecule has 4 nitrogen and oxygen atoms in total. The highest BCUT2D eigenvalue weighted by molar-refractivity contribution is 5.59. The molecule has 0 aliphatic heterocycles. The normalized spacial score (nSPS) is 10.8. The molecule has 4 heteroatoms. The molecule has 0 saturated heterocycles. The molecule has 0 amide bonds. The Bertz CT molecular complexity index is 573. The third-order valence-corrected chi connectivity index (χ3v) is 2.57. The van der Waals surface area contributed by atoms with Gasteiger partial charge in [-0.25, -0.2) is 4.98 Å². The molecule has 2 N–H and O–H groups in total. The van der Waals surface area contributed by atoms with Crippen LogP contribution >= 0.6 is 0 Å². The number of nitrogens with zero attached hydrogens (tertiary/aromatic N) is 2. The zero-order chi connectivity index (χ0) is 12.4. The van der Waals surface area contributed by atoms with E-state index in [1.807, 2.05) is 44.2 Å². The summed E-state index contributed by atoms with van der Waals surface area (Å²) in [5.74, 6) is 0.256. The first-order valence-electron chi connectivity index (χ1n) is 5.54. The van der Waals surface area contributed by atoms with Gasteiger partial charge in [0.05, 0.1) is 5.69 Å². The van der Waals surface area contributed by atoms with Crippen molar-refractivity contribution in [2.75, 3.05) is 5.73 Å². The number of anilines is 1. The maximum Gasteiger partial charge on any atom is 0.255 e. The molecule has 0 aliphatic rings. The van der Waals surface area contributed by atoms with Crippen molar-refractivity contribution in [2.24, 2.45) is 0 Å². The number of aromatic nitrogens is 2. The number of rotatable bonds is 2. The van der Waals surface area contributed by atoms with Crippen molar-refractivity contribution in [3.8, 4) is 11.3 Å². The fraction of sp³-hybridized carbons (Fsp3) is 0.231. The molecule has 0 radical (unpaired) electrons. The summed E-state index contributed by atoms with van der Waals surface area (Å²) in [6.45, 7) is 3.81. The topological polar surface area (TPSA) is 60.9 Å². The highest BCUT2D eigenvalue weighted by Crippen LogP contribution is 2.16. The molecule has 1 heterocycles. The molecule has 0 bridgehead atoms. The zero-order valence-electron chi connectivity index (χ0n) is 9.92. The first kappa shape index (κ1) is 11.4. The molecule has 17 heavy (non-hydrogen) atoms. The molecule has 0 aliphatic carbocycles. The van der Waals surface area contributed by atoms with Gasteiger partial charge >= 0.3 is 0 Å². The maximum absolute atomic E-state index is 11.9. The minimum Gasteiger partial charge on any atom is -0.369 e. The molecular formula is C13H15N3O. The summed E-state index contributed by atoms with van der Waals surface area (Å²) in [6.07, 6.45) is 0. The van der Waals surface area contributed by atoms with Crippen LogP contribution in [-0.4, -0.2) is 9.55 Å². The standard InChI is InChI=1S/C13H15N3O/c1-9(2)16-12(17)8-11(15-13(16)14)10-6-4-3-5-7-10/h3-9H,1-2H3,(H2,14,15). The van der Waals surface area contributed by atoms with Crippen LogP contribution in [0.25, 0.3) is 11.3 Å². The molecule has 2 aromatic rings. The van der Waals surface area contributed by atoms with Crippen LogP contribution in [0.2, 0.25) is 0 Å². The molecule has 2 rings (SSSR count). The van der Waals surface area contributed by atoms with Gasteiger partial charge in [-0.2, -0.15) is 0 Å². The second-order valence-electron chi connectivity index (χ2n) is 4.17. The van der Waals surface area contributed by atoms with E-state index in [1.165, 1.54) is 10.6 Å². The van der Waals surface area contributed by atoms with Gasteiger partial charge in [-0.05, 0) is 13.8 Å². The van der Waals surface area contributed by atoms with Crippen LogP contribution in [0.4, 0.5) is 5.95 Å². The molecule has 88 valence electrons. The average Bonchev–Trinajstić information content (AvgIpc) is 2.28. The van der Waals surface area contributed by atoms with Gasteiger partial charge < -0.3 is 5.73 Å². The van der Waals surface area contributed by atoms with Crippen LogP contribution in [0.15, 0.2) is 41.2 Å². The summed E-state index contributed by atoms with van der Waals surface area (Å²) < 4.78 is 1.48. The number of hydrogen-bond donors (Lipinski definition) is 1. The second-order valence-corrected chi connectivity index (χ2v) is 4.17. The summed E-state index contributed by atoms with van der Waals surface area (Å²) in [5.41, 5.74) is 7.20. The van der Waals surface area contributed by atoms with Gasteiger partial charge in [-0.15, -0.1) is 0 Å². The Labute approximate surface area is 99.7 Å². The first-order valence-corrected chi connectivity index (χ1v) is 5.54. The monoisotopic (exact) mass is 229 g/mol. The van der Waals surface area contributed by atoms with Gasteiger partial charge in [0.15, 0.2) is 0 Å². The summed E-state index contributed by atoms with van der Waals surface area (Å²) in [4.78, 5) is 16.2. The lowest BCUT2D eigenvalue weighted by Gasteiger charge is -2.13. The van der Waals surface area contributed by atoms with Gasteiger partial charge in [0, 0.05) is 17.7 Å². The van der Waals surface area contributed by atoms with E-state index in [0.29, 0.717) is 5.69 Å². The first-order chi connectivity index (χ1) is 8.09. The number of hydrogen-bond acceptors (Lipinski definition) is 3. The Morgan fingerprint density at radius 2 is 1.88 bits per heavy atom. The van der Waals surface area contributed by atoms with E-state index in [1.54, 1.807) is 0 Å². The lowest BCUT2D eigenvalue weighted by atomic mass is 10.1. The van der Waals surface area contributed by atoms with Crippen molar-refractivity contribution in [3.05, 3.63) is 46.8 Å². The van der Waals surface area contributed by atoms with Gasteiger partial charge in [-0.1, -0.05) is 30.3 Å². The van der Waals surface area contributed by atoms with Crippen LogP contribution in [0.1, 0.15) is 19.9 Å². The van der Waals surface area contributed by atoms with Gasteiger partial charge in [0.2, 0.25) is 5.95 Å². The molecular weight excluding hydrogens is 214 g/mol. The Morgan fingerprint density at radius 3 is 2.41 bits per heavy atom. The lowest BCUT2D eigenvalue weighted by molar-refractivity contribution is 0.579. The smallest absolute Gasteiger partial charge is 0.255 e. The van der Waals surface area contributed by atoms with Crippen LogP contribution in [0, 0.1) is 0 Å². The predicted octanol–water partition coefficient (Wildman–Crippen LogP) is 2.07. The predicted molar refractivity (Wildman–Crippen MR) is 68.7 cm³/mol. The van der Waals surface area contributed by atoms with Gasteiger partial charge in [-0.3, -0.25) is 9.36 Å². The SMILES string of the molecule is CC(C)n1c(N)nc(-c2ccccc2)cc1=O. The summed E-state index contributed by atoms with van der Waals surface area (Å²) in [6, 6.07) is 11.1. The van der Waals surface area contributed by atoms with E-state index >= 15 is 0 Å². The summed E-state index contributed by atoms with van der Waals surface area (Å²) in [5, 5.41) is 0. The van der Waals surface area contributed by atoms with E-state index in [4.69, 9.17) is 5.73 Å². The highest BCUT2D eigenvalue weighted by atomic mass is 16.1. The number of nitrogens with two attached hydrogens (primary N) is 1. The second kappa shape index (κ2) is 4.41. The fourth-order valence-electron chi connectivity index (χ4n) is 1.78. The molecule has 1 aromatic heterocycles. The Hall–Kier alpha value is -2.10. The van der Waals surface area contributed by atoms with Crippen molar-refractivity contribution in [2.45, 2.75) is 19.9 Å². The highest BCUT2D eigenvalue weighted by Gasteiger charge is 2.09. The number of nitrogen functional groups attached to an aromatic ring is 1. The third-order valence-electron chi connectivity index (χ3n) is 2.57. The Morgan fingerprint density at radius 1 is 1.24 bits per heavy atom. The van der Waals surface area contributed by atoms with E-state index in [-0.39, 0.29) is 17.5 Å². The van der Waals surface area contributed by atoms with E-state index in [9.17, 15) is 4.79 Å². The molecule has 0 spiro atoms. The lowest BCUT2D eigenvalue weighted by Crippen LogP contribution is -2.25. The van der Waals surface area contributed by atoms with E-state index in [0.717, 1.165) is 5.56 Å². The molecule has 0 fully saturated rings. The van der Waals surface area contributed by atoms with Crippen LogP contribution in [0.3, 0.4) is 0 Å². The zero-order valence-corrected chi connectivity index (χ0v) is 9.92. The Balaban J connectivity index is 2.58. The average molecular weight is 229 g/mol. The van der Waals surface area contributed by atoms with Crippen molar-refractivity contribution in [3.63, 3.8) is 0 Å². The molecule has 0 atom stereocenters. The minimum absolute atomic E-state index is 0.0137. The summed E-state index contributed by atoms with van der Waals surface area (Å²) in [7, 11) is 0. The van der Waals surface area contributed by atoms with Gasteiger partial charge in [0.1, 0.15) is 0 Å². The van der Waals surface area contributed by atoms with Crippen molar-refractivity contribution in [1.82, 2.24) is 9.55 Å². The van der Waals surface area contributed by atoms with Crippen LogP contribution in [0.5, 0.6) is 0 Å². The Kier molecular flexibility index (Phi) is 2.95. The summed E-state index contributed by atoms with van der Waals surface area (Å²) >= 11 is 0. The fourth-order valence-corrected chi connectivity index (χ4v) is 1.78. The van der Waals surface area contributed by atoms with Gasteiger partial charge in [0.25, 0.3) is 5.56 Å². The molecule has 1 aromatic carbocycles. The van der Waals surface area contributed by atoms with E-state index in [2.05, 4.69) is 4.98 Å². The quantitative estimate of drug-likeness (QED) is 0.857. The van der Waals surface area contributed by atoms with Crippen molar-refractivity contribution >= 4 is 5.95 Å². The van der Waals surface area contributed by atoms with Crippen LogP contribution in [-0.2, 0) is 0 Å².